The molecule has 19 heavy (non-hydrogen) atoms. The highest BCUT2D eigenvalue weighted by Crippen LogP contribution is 2.10. The van der Waals surface area contributed by atoms with E-state index in [1.165, 1.54) is 0 Å². The van der Waals surface area contributed by atoms with Gasteiger partial charge in [-0.3, -0.25) is 9.67 Å². The van der Waals surface area contributed by atoms with Gasteiger partial charge in [0.15, 0.2) is 0 Å². The van der Waals surface area contributed by atoms with Gasteiger partial charge in [-0.15, -0.1) is 0 Å². The average molecular weight is 259 g/mol. The van der Waals surface area contributed by atoms with Crippen LogP contribution in [0.15, 0.2) is 36.9 Å². The predicted octanol–water partition coefficient (Wildman–Crippen LogP) is 2.18. The molecule has 0 radical (unpaired) electrons. The summed E-state index contributed by atoms with van der Waals surface area (Å²) in [4.78, 5) is 15.8. The first-order valence-corrected chi connectivity index (χ1v) is 6.19. The quantitative estimate of drug-likeness (QED) is 0.884. The molecule has 1 unspecified atom stereocenters. The summed E-state index contributed by atoms with van der Waals surface area (Å²) in [5.41, 5.74) is 1.64. The SMILES string of the molecule is CCn1cc(NC(=O)NC(C)c2cccnc2)cn1. The fourth-order valence-corrected chi connectivity index (χ4v) is 1.68. The van der Waals surface area contributed by atoms with Crippen molar-refractivity contribution in [3.8, 4) is 0 Å². The molecule has 6 nitrogen and oxygen atoms in total. The third-order valence-corrected chi connectivity index (χ3v) is 2.75. The molecule has 1 atom stereocenters. The molecular weight excluding hydrogens is 242 g/mol. The Labute approximate surface area is 111 Å². The summed E-state index contributed by atoms with van der Waals surface area (Å²) in [6.45, 7) is 4.67. The van der Waals surface area contributed by atoms with Crippen LogP contribution in [0.2, 0.25) is 0 Å². The van der Waals surface area contributed by atoms with Gasteiger partial charge in [-0.05, 0) is 25.5 Å². The summed E-state index contributed by atoms with van der Waals surface area (Å²) < 4.78 is 1.75. The lowest BCUT2D eigenvalue weighted by molar-refractivity contribution is 0.249. The number of carbonyl (C=O) groups is 1. The Morgan fingerprint density at radius 3 is 2.95 bits per heavy atom. The number of nitrogens with one attached hydrogen (secondary N) is 2. The van der Waals surface area contributed by atoms with Crippen LogP contribution >= 0.6 is 0 Å². The second kappa shape index (κ2) is 5.99. The third-order valence-electron chi connectivity index (χ3n) is 2.75. The van der Waals surface area contributed by atoms with E-state index in [9.17, 15) is 4.79 Å². The molecule has 0 bridgehead atoms. The molecule has 2 heterocycles. The number of rotatable bonds is 4. The van der Waals surface area contributed by atoms with Gasteiger partial charge < -0.3 is 10.6 Å². The zero-order valence-electron chi connectivity index (χ0n) is 11.0. The highest BCUT2D eigenvalue weighted by molar-refractivity contribution is 5.89. The molecule has 0 saturated carbocycles. The summed E-state index contributed by atoms with van der Waals surface area (Å²) in [5, 5.41) is 9.68. The van der Waals surface area contributed by atoms with Gasteiger partial charge >= 0.3 is 6.03 Å². The van der Waals surface area contributed by atoms with Crippen molar-refractivity contribution < 1.29 is 4.79 Å². The number of aromatic nitrogens is 3. The molecule has 2 N–H and O–H groups in total. The molecule has 0 aliphatic heterocycles. The van der Waals surface area contributed by atoms with Gasteiger partial charge in [0.05, 0.1) is 17.9 Å². The molecule has 0 fully saturated rings. The van der Waals surface area contributed by atoms with E-state index in [0.29, 0.717) is 5.69 Å². The van der Waals surface area contributed by atoms with Gasteiger partial charge in [0, 0.05) is 25.1 Å². The maximum atomic E-state index is 11.8. The van der Waals surface area contributed by atoms with Crippen molar-refractivity contribution in [1.29, 1.82) is 0 Å². The molecule has 0 spiro atoms. The van der Waals surface area contributed by atoms with E-state index in [0.717, 1.165) is 12.1 Å². The Hall–Kier alpha value is -2.37. The molecule has 0 saturated heterocycles. The van der Waals surface area contributed by atoms with Crippen molar-refractivity contribution in [1.82, 2.24) is 20.1 Å². The fourth-order valence-electron chi connectivity index (χ4n) is 1.68. The van der Waals surface area contributed by atoms with Crippen molar-refractivity contribution in [2.45, 2.75) is 26.4 Å². The highest BCUT2D eigenvalue weighted by Gasteiger charge is 2.10. The molecule has 0 aliphatic carbocycles. The Balaban J connectivity index is 1.91. The van der Waals surface area contributed by atoms with Gasteiger partial charge in [0.25, 0.3) is 0 Å². The minimum atomic E-state index is -0.257. The maximum absolute atomic E-state index is 11.8. The summed E-state index contributed by atoms with van der Waals surface area (Å²) in [7, 11) is 0. The first-order valence-electron chi connectivity index (χ1n) is 6.19. The second-order valence-corrected chi connectivity index (χ2v) is 4.19. The van der Waals surface area contributed by atoms with E-state index < -0.39 is 0 Å². The fraction of sp³-hybridized carbons (Fsp3) is 0.308. The monoisotopic (exact) mass is 259 g/mol. The number of anilines is 1. The predicted molar refractivity (Wildman–Crippen MR) is 72.7 cm³/mol. The van der Waals surface area contributed by atoms with Crippen molar-refractivity contribution in [2.24, 2.45) is 0 Å². The average Bonchev–Trinajstić information content (AvgIpc) is 2.87. The Morgan fingerprint density at radius 1 is 1.47 bits per heavy atom. The summed E-state index contributed by atoms with van der Waals surface area (Å²) in [6.07, 6.45) is 6.85. The standard InChI is InChI=1S/C13H17N5O/c1-3-18-9-12(8-15-18)17-13(19)16-10(2)11-5-4-6-14-7-11/h4-10H,3H2,1-2H3,(H2,16,17,19). The first-order chi connectivity index (χ1) is 9.19. The molecule has 0 aliphatic rings. The van der Waals surface area contributed by atoms with Crippen LogP contribution < -0.4 is 10.6 Å². The Bertz CT molecular complexity index is 537. The second-order valence-electron chi connectivity index (χ2n) is 4.19. The largest absolute Gasteiger partial charge is 0.331 e. The van der Waals surface area contributed by atoms with Crippen LogP contribution in [0.3, 0.4) is 0 Å². The number of hydrogen-bond donors (Lipinski definition) is 2. The number of hydrogen-bond acceptors (Lipinski definition) is 3. The van der Waals surface area contributed by atoms with Gasteiger partial charge in [-0.25, -0.2) is 4.79 Å². The molecule has 2 rings (SSSR count). The van der Waals surface area contributed by atoms with Crippen LogP contribution in [-0.4, -0.2) is 20.8 Å². The van der Waals surface area contributed by atoms with E-state index in [2.05, 4.69) is 20.7 Å². The van der Waals surface area contributed by atoms with E-state index in [4.69, 9.17) is 0 Å². The van der Waals surface area contributed by atoms with E-state index in [-0.39, 0.29) is 12.1 Å². The minimum Gasteiger partial charge on any atom is -0.331 e. The zero-order chi connectivity index (χ0) is 13.7. The maximum Gasteiger partial charge on any atom is 0.319 e. The van der Waals surface area contributed by atoms with Crippen molar-refractivity contribution >= 4 is 11.7 Å². The summed E-state index contributed by atoms with van der Waals surface area (Å²) in [5.74, 6) is 0. The van der Waals surface area contributed by atoms with Gasteiger partial charge in [0.2, 0.25) is 0 Å². The minimum absolute atomic E-state index is 0.102. The molecule has 0 aromatic carbocycles. The number of carbonyl (C=O) groups excluding carboxylic acids is 1. The molecule has 100 valence electrons. The van der Waals surface area contributed by atoms with Crippen LogP contribution in [0.25, 0.3) is 0 Å². The van der Waals surface area contributed by atoms with Crippen LogP contribution in [0, 0.1) is 0 Å². The first kappa shape index (κ1) is 13.1. The van der Waals surface area contributed by atoms with E-state index >= 15 is 0 Å². The number of pyridine rings is 1. The van der Waals surface area contributed by atoms with Crippen molar-refractivity contribution in [3.63, 3.8) is 0 Å². The van der Waals surface area contributed by atoms with Gasteiger partial charge in [-0.2, -0.15) is 5.10 Å². The topological polar surface area (TPSA) is 71.8 Å². The number of aryl methyl sites for hydroxylation is 1. The van der Waals surface area contributed by atoms with Gasteiger partial charge in [-0.1, -0.05) is 6.07 Å². The molecule has 6 heteroatoms. The summed E-state index contributed by atoms with van der Waals surface area (Å²) >= 11 is 0. The third kappa shape index (κ3) is 3.54. The van der Waals surface area contributed by atoms with Crippen molar-refractivity contribution in [3.05, 3.63) is 42.5 Å². The molecular formula is C13H17N5O. The van der Waals surface area contributed by atoms with Crippen LogP contribution in [0.4, 0.5) is 10.5 Å². The molecule has 2 amide bonds. The lowest BCUT2D eigenvalue weighted by Gasteiger charge is -2.13. The molecule has 2 aromatic rings. The summed E-state index contributed by atoms with van der Waals surface area (Å²) in [6, 6.07) is 3.41. The lowest BCUT2D eigenvalue weighted by atomic mass is 10.1. The van der Waals surface area contributed by atoms with Crippen LogP contribution in [0.5, 0.6) is 0 Å². The van der Waals surface area contributed by atoms with E-state index in [1.54, 1.807) is 29.5 Å². The Kier molecular flexibility index (Phi) is 4.12. The van der Waals surface area contributed by atoms with Gasteiger partial charge in [0.1, 0.15) is 0 Å². The van der Waals surface area contributed by atoms with Crippen molar-refractivity contribution in [2.75, 3.05) is 5.32 Å². The smallest absolute Gasteiger partial charge is 0.319 e. The highest BCUT2D eigenvalue weighted by atomic mass is 16.2. The molecule has 2 aromatic heterocycles. The number of nitrogens with zero attached hydrogens (tertiary/aromatic N) is 3. The normalized spacial score (nSPS) is 11.9. The Morgan fingerprint density at radius 2 is 2.32 bits per heavy atom. The van der Waals surface area contributed by atoms with Crippen LogP contribution in [0.1, 0.15) is 25.5 Å². The lowest BCUT2D eigenvalue weighted by Crippen LogP contribution is -2.31. The zero-order valence-corrected chi connectivity index (χ0v) is 11.0. The van der Waals surface area contributed by atoms with E-state index in [1.807, 2.05) is 26.0 Å². The number of urea groups is 1. The van der Waals surface area contributed by atoms with Crippen LogP contribution in [-0.2, 0) is 6.54 Å². The number of amides is 2.